The van der Waals surface area contributed by atoms with Gasteiger partial charge in [-0.25, -0.2) is 0 Å². The third-order valence-electron chi connectivity index (χ3n) is 14.3. The van der Waals surface area contributed by atoms with Crippen LogP contribution in [0, 0.1) is 0 Å². The van der Waals surface area contributed by atoms with Crippen LogP contribution in [0.25, 0.3) is 0 Å². The Labute approximate surface area is 527 Å². The fraction of sp³-hybridized carbons (Fsp3) is 1.00. The fourth-order valence-corrected chi connectivity index (χ4v) is 57.6. The maximum absolute atomic E-state index is 16.0. The quantitative estimate of drug-likeness (QED) is 0.0312. The summed E-state index contributed by atoms with van der Waals surface area (Å²) in [6.45, 7) is 16.2. The van der Waals surface area contributed by atoms with Gasteiger partial charge in [-0.15, -0.1) is 0 Å². The molecular formula is C56H120O21P6Sn2. The standard InChI is InChI=1S/3C16H36O7P2.2C4H9.2Sn/c3*1-3-5-7-9-11-13-15-21-25(20,23-24(17,18)19)22-16-14-12-10-8-6-4-2;2*1-3-4-2;;/h3*3-16H2,1-2H3,(H2,17,18,19);2*1,3-4H2,2H3;;/q;;;;;2*+3/p-6. The van der Waals surface area contributed by atoms with Crippen LogP contribution in [-0.4, -0.2) is 78.9 Å². The van der Waals surface area contributed by atoms with Crippen molar-refractivity contribution >= 4 is 86.2 Å². The van der Waals surface area contributed by atoms with E-state index in [1.165, 1.54) is 0 Å². The third-order valence-corrected chi connectivity index (χ3v) is 56.4. The monoisotopic (exact) mass is 1550 g/mol. The number of rotatable bonds is 64. The van der Waals surface area contributed by atoms with Crippen molar-refractivity contribution in [1.29, 1.82) is 0 Å². The molecule has 2 rings (SSSR count). The second kappa shape index (κ2) is 49.0. The molecule has 508 valence electrons. The zero-order valence-corrected chi connectivity index (χ0v) is 65.3. The first-order valence-corrected chi connectivity index (χ1v) is 53.5. The van der Waals surface area contributed by atoms with Gasteiger partial charge in [0.2, 0.25) is 0 Å². The molecule has 0 amide bonds. The van der Waals surface area contributed by atoms with Crippen molar-refractivity contribution in [1.82, 2.24) is 0 Å². The van der Waals surface area contributed by atoms with Gasteiger partial charge in [-0.2, -0.15) is 0 Å². The number of hydrogen-bond donors (Lipinski definition) is 0. The summed E-state index contributed by atoms with van der Waals surface area (Å²) >= 11 is -11.4. The van der Waals surface area contributed by atoms with E-state index in [0.717, 1.165) is 193 Å². The number of phosphoric ester groups is 3. The van der Waals surface area contributed by atoms with Crippen molar-refractivity contribution in [2.75, 3.05) is 39.6 Å². The van der Waals surface area contributed by atoms with Crippen LogP contribution in [0.2, 0.25) is 8.87 Å². The molecule has 0 N–H and O–H groups in total. The van der Waals surface area contributed by atoms with Crippen LogP contribution in [0.15, 0.2) is 0 Å². The summed E-state index contributed by atoms with van der Waals surface area (Å²) in [6, 6.07) is 0. The molecule has 2 aliphatic heterocycles. The molecule has 2 saturated heterocycles. The van der Waals surface area contributed by atoms with Gasteiger partial charge in [0.05, 0.1) is 0 Å². The molecule has 29 heteroatoms. The average molecular weight is 1550 g/mol. The van der Waals surface area contributed by atoms with Gasteiger partial charge >= 0.3 is 490 Å². The molecular weight excluding hydrogens is 1430 g/mol. The summed E-state index contributed by atoms with van der Waals surface area (Å²) in [5.74, 6) is 0. The molecule has 2 aliphatic rings. The molecule has 0 aromatic heterocycles. The second-order valence-corrected chi connectivity index (χ2v) is 52.7. The van der Waals surface area contributed by atoms with Crippen LogP contribution in [0.5, 0.6) is 0 Å². The Balaban J connectivity index is 2.64. The van der Waals surface area contributed by atoms with E-state index in [4.69, 9.17) is 57.2 Å². The Hall–Kier alpha value is 2.38. The summed E-state index contributed by atoms with van der Waals surface area (Å²) in [7, 11) is -29.4. The first-order valence-electron chi connectivity index (χ1n) is 33.7. The van der Waals surface area contributed by atoms with Gasteiger partial charge in [-0.05, 0) is 0 Å². The molecule has 0 aliphatic carbocycles. The summed E-state index contributed by atoms with van der Waals surface area (Å²) < 4.78 is 178. The van der Waals surface area contributed by atoms with E-state index in [0.29, 0.717) is 64.2 Å². The van der Waals surface area contributed by atoms with Gasteiger partial charge in [0.15, 0.2) is 0 Å². The molecule has 0 saturated carbocycles. The molecule has 85 heavy (non-hydrogen) atoms. The van der Waals surface area contributed by atoms with E-state index in [9.17, 15) is 18.3 Å². The third kappa shape index (κ3) is 38.5. The molecule has 0 spiro atoms. The first kappa shape index (κ1) is 83.5. The van der Waals surface area contributed by atoms with Crippen molar-refractivity contribution in [3.05, 3.63) is 0 Å². The predicted molar refractivity (Wildman–Crippen MR) is 342 cm³/mol. The van der Waals surface area contributed by atoms with E-state index < -0.39 is 86.2 Å². The SMILES string of the molecule is CCCCCCCCOP(=O)(OCCCCCCCC)OP1(=O)[O][Sn]([CH2]CCC)([O]P(=O)(OP(=O)(OCCCCCCCC)OCCCCCCCC)[O][Sn]2([CH2]CCC)[O]P(=O)(OP(=O)(OCCCCCCCC)OCCCCCCCC)[O]2)[O]1. The Morgan fingerprint density at radius 2 is 0.471 bits per heavy atom. The second-order valence-electron chi connectivity index (χ2n) is 22.7. The molecule has 0 atom stereocenters. The van der Waals surface area contributed by atoms with Crippen molar-refractivity contribution < 1.29 is 84.6 Å². The van der Waals surface area contributed by atoms with Crippen molar-refractivity contribution in [2.45, 2.75) is 321 Å². The molecule has 2 heterocycles. The minimum absolute atomic E-state index is 0.0172. The van der Waals surface area contributed by atoms with Crippen LogP contribution in [0.4, 0.5) is 0 Å². The fourth-order valence-electron chi connectivity index (χ4n) is 9.25. The first-order chi connectivity index (χ1) is 40.8. The molecule has 0 bridgehead atoms. The molecule has 21 nitrogen and oxygen atoms in total. The van der Waals surface area contributed by atoms with Gasteiger partial charge in [-0.1, -0.05) is 41.5 Å². The molecule has 0 unspecified atom stereocenters. The van der Waals surface area contributed by atoms with Gasteiger partial charge in [0.1, 0.15) is 0 Å². The average Bonchev–Trinajstić information content (AvgIpc) is 1.37. The molecule has 0 aromatic carbocycles. The van der Waals surface area contributed by atoms with Crippen LogP contribution in [0.3, 0.4) is 0 Å². The maximum atomic E-state index is 16.0. The van der Waals surface area contributed by atoms with Crippen LogP contribution >= 0.6 is 46.9 Å². The van der Waals surface area contributed by atoms with Crippen LogP contribution in [-0.2, 0) is 84.6 Å². The Morgan fingerprint density at radius 3 is 0.694 bits per heavy atom. The normalized spacial score (nSPS) is 21.7. The van der Waals surface area contributed by atoms with Gasteiger partial charge in [0, 0.05) is 0 Å². The Morgan fingerprint density at radius 1 is 0.271 bits per heavy atom. The zero-order chi connectivity index (χ0) is 62.5. The summed E-state index contributed by atoms with van der Waals surface area (Å²) in [6.07, 6.45) is 34.3. The molecule has 0 radical (unpaired) electrons. The van der Waals surface area contributed by atoms with E-state index >= 15 is 9.13 Å². The van der Waals surface area contributed by atoms with Gasteiger partial charge in [0.25, 0.3) is 0 Å². The molecule has 2 fully saturated rings. The molecule has 0 aromatic rings. The van der Waals surface area contributed by atoms with Crippen LogP contribution in [0.1, 0.15) is 312 Å². The Kier molecular flexibility index (Phi) is 48.1. The zero-order valence-electron chi connectivity index (χ0n) is 54.2. The number of hydrogen-bond acceptors (Lipinski definition) is 21. The van der Waals surface area contributed by atoms with Gasteiger partial charge in [-0.3, -0.25) is 0 Å². The van der Waals surface area contributed by atoms with Crippen molar-refractivity contribution in [3.8, 4) is 0 Å². The van der Waals surface area contributed by atoms with E-state index in [-0.39, 0.29) is 48.5 Å². The van der Waals surface area contributed by atoms with E-state index in [1.807, 2.05) is 13.8 Å². The summed E-state index contributed by atoms with van der Waals surface area (Å²) in [4.78, 5) is 0. The predicted octanol–water partition coefficient (Wildman–Crippen LogP) is 23.6. The Bertz CT molecular complexity index is 1790. The summed E-state index contributed by atoms with van der Waals surface area (Å²) in [5.41, 5.74) is 0. The van der Waals surface area contributed by atoms with Crippen LogP contribution < -0.4 is 0 Å². The van der Waals surface area contributed by atoms with Gasteiger partial charge < -0.3 is 0 Å². The van der Waals surface area contributed by atoms with E-state index in [1.54, 1.807) is 0 Å². The minimum atomic E-state index is -5.69. The number of phosphoric acid groups is 6. The topological polar surface area (TPSA) is 241 Å². The van der Waals surface area contributed by atoms with Crippen molar-refractivity contribution in [3.63, 3.8) is 0 Å². The van der Waals surface area contributed by atoms with E-state index in [2.05, 4.69) is 41.5 Å². The number of unbranched alkanes of at least 4 members (excludes halogenated alkanes) is 32. The summed E-state index contributed by atoms with van der Waals surface area (Å²) in [5, 5.41) is 0. The van der Waals surface area contributed by atoms with Crippen molar-refractivity contribution in [2.24, 2.45) is 0 Å².